The largest absolute Gasteiger partial charge is 0.397 e. The lowest BCUT2D eigenvalue weighted by molar-refractivity contribution is -0.118. The molecule has 0 fully saturated rings. The topological polar surface area (TPSA) is 94.0 Å². The highest BCUT2D eigenvalue weighted by atomic mass is 16.1. The maximum absolute atomic E-state index is 10.6. The van der Waals surface area contributed by atoms with Crippen LogP contribution >= 0.6 is 0 Å². The summed E-state index contributed by atoms with van der Waals surface area (Å²) in [6.45, 7) is 0.793. The molecule has 0 aliphatic heterocycles. The molecule has 5 N–H and O–H groups in total. The number of unbranched alkanes of at least 4 members (excludes halogenated alkanes) is 1. The Hall–Kier alpha value is -2.30. The number of nitrogen functional groups attached to an aromatic ring is 1. The molecule has 0 atom stereocenters. The molecular weight excluding hydrogens is 240 g/mol. The minimum Gasteiger partial charge on any atom is -0.397 e. The number of aromatic nitrogens is 1. The molecule has 0 saturated carbocycles. The van der Waals surface area contributed by atoms with E-state index in [-0.39, 0.29) is 5.91 Å². The molecule has 1 aromatic heterocycles. The highest BCUT2D eigenvalue weighted by molar-refractivity contribution is 5.98. The summed E-state index contributed by atoms with van der Waals surface area (Å²) in [5.74, 6) is -0.248. The summed E-state index contributed by atoms with van der Waals surface area (Å²) in [7, 11) is 0. The van der Waals surface area contributed by atoms with Crippen LogP contribution in [0.2, 0.25) is 0 Å². The minimum atomic E-state index is -0.248. The van der Waals surface area contributed by atoms with Crippen LogP contribution in [0.3, 0.4) is 0 Å². The van der Waals surface area contributed by atoms with Gasteiger partial charge in [0.15, 0.2) is 0 Å². The van der Waals surface area contributed by atoms with Crippen LogP contribution in [0.1, 0.15) is 19.3 Å². The van der Waals surface area contributed by atoms with Crippen molar-refractivity contribution in [3.8, 4) is 0 Å². The molecule has 0 bridgehead atoms. The molecule has 19 heavy (non-hydrogen) atoms. The highest BCUT2D eigenvalue weighted by Crippen LogP contribution is 2.26. The van der Waals surface area contributed by atoms with Gasteiger partial charge in [-0.05, 0) is 37.1 Å². The summed E-state index contributed by atoms with van der Waals surface area (Å²) in [5.41, 5.74) is 13.5. The first kappa shape index (κ1) is 13.1. The number of benzene rings is 1. The van der Waals surface area contributed by atoms with Crippen LogP contribution in [0.25, 0.3) is 10.9 Å². The molecule has 100 valence electrons. The van der Waals surface area contributed by atoms with Crippen LogP contribution in [0.15, 0.2) is 30.5 Å². The number of nitrogens with zero attached hydrogens (tertiary/aromatic N) is 1. The lowest BCUT2D eigenvalue weighted by atomic mass is 10.1. The average Bonchev–Trinajstić information content (AvgIpc) is 2.41. The first-order valence-corrected chi connectivity index (χ1v) is 6.34. The van der Waals surface area contributed by atoms with Gasteiger partial charge < -0.3 is 16.8 Å². The number of rotatable bonds is 6. The van der Waals surface area contributed by atoms with Gasteiger partial charge in [0.2, 0.25) is 5.91 Å². The van der Waals surface area contributed by atoms with Gasteiger partial charge in [-0.3, -0.25) is 9.78 Å². The smallest absolute Gasteiger partial charge is 0.217 e. The standard InChI is InChI=1S/C14H18N4O/c15-11-6-7-12(10-4-3-9-18-14(10)11)17-8-2-1-5-13(16)19/h3-4,6-7,9,17H,1-2,5,8,15H2,(H2,16,19). The summed E-state index contributed by atoms with van der Waals surface area (Å²) in [5, 5.41) is 4.35. The van der Waals surface area contributed by atoms with E-state index in [1.807, 2.05) is 24.3 Å². The van der Waals surface area contributed by atoms with E-state index in [1.54, 1.807) is 6.20 Å². The fourth-order valence-corrected chi connectivity index (χ4v) is 2.00. The zero-order chi connectivity index (χ0) is 13.7. The van der Waals surface area contributed by atoms with Crippen molar-refractivity contribution in [2.24, 2.45) is 5.73 Å². The quantitative estimate of drug-likeness (QED) is 0.544. The second kappa shape index (κ2) is 6.04. The number of fused-ring (bicyclic) bond motifs is 1. The Morgan fingerprint density at radius 1 is 1.26 bits per heavy atom. The molecule has 0 radical (unpaired) electrons. The molecule has 0 saturated heterocycles. The molecule has 0 aliphatic carbocycles. The van der Waals surface area contributed by atoms with Crippen molar-refractivity contribution in [1.82, 2.24) is 4.98 Å². The number of pyridine rings is 1. The van der Waals surface area contributed by atoms with Crippen LogP contribution in [0.5, 0.6) is 0 Å². The van der Waals surface area contributed by atoms with Gasteiger partial charge in [0.25, 0.3) is 0 Å². The van der Waals surface area contributed by atoms with E-state index in [1.165, 1.54) is 0 Å². The predicted molar refractivity (Wildman–Crippen MR) is 77.7 cm³/mol. The highest BCUT2D eigenvalue weighted by Gasteiger charge is 2.04. The van der Waals surface area contributed by atoms with Crippen LogP contribution in [0, 0.1) is 0 Å². The van der Waals surface area contributed by atoms with Crippen molar-refractivity contribution in [3.05, 3.63) is 30.5 Å². The second-order valence-corrected chi connectivity index (χ2v) is 4.45. The van der Waals surface area contributed by atoms with Crippen LogP contribution < -0.4 is 16.8 Å². The zero-order valence-electron chi connectivity index (χ0n) is 10.7. The van der Waals surface area contributed by atoms with Gasteiger partial charge in [0.1, 0.15) is 0 Å². The number of nitrogens with one attached hydrogen (secondary N) is 1. The van der Waals surface area contributed by atoms with Gasteiger partial charge in [0, 0.05) is 30.2 Å². The third-order valence-electron chi connectivity index (χ3n) is 2.97. The lowest BCUT2D eigenvalue weighted by Crippen LogP contribution is -2.11. The monoisotopic (exact) mass is 258 g/mol. The molecule has 0 aliphatic rings. The minimum absolute atomic E-state index is 0.248. The van der Waals surface area contributed by atoms with Gasteiger partial charge >= 0.3 is 0 Å². The van der Waals surface area contributed by atoms with Crippen molar-refractivity contribution >= 4 is 28.2 Å². The summed E-state index contributed by atoms with van der Waals surface area (Å²) in [4.78, 5) is 14.9. The maximum atomic E-state index is 10.6. The molecular formula is C14H18N4O. The van der Waals surface area contributed by atoms with Crippen molar-refractivity contribution < 1.29 is 4.79 Å². The number of primary amides is 1. The Morgan fingerprint density at radius 2 is 2.11 bits per heavy atom. The average molecular weight is 258 g/mol. The van der Waals surface area contributed by atoms with E-state index in [2.05, 4.69) is 10.3 Å². The Morgan fingerprint density at radius 3 is 2.89 bits per heavy atom. The zero-order valence-corrected chi connectivity index (χ0v) is 10.7. The number of hydrogen-bond acceptors (Lipinski definition) is 4. The number of carbonyl (C=O) groups is 1. The molecule has 0 spiro atoms. The van der Waals surface area contributed by atoms with Gasteiger partial charge in [-0.15, -0.1) is 0 Å². The van der Waals surface area contributed by atoms with Crippen LogP contribution in [0.4, 0.5) is 11.4 Å². The Kier molecular flexibility index (Phi) is 4.18. The van der Waals surface area contributed by atoms with Crippen molar-refractivity contribution in [1.29, 1.82) is 0 Å². The molecule has 1 amide bonds. The van der Waals surface area contributed by atoms with Crippen LogP contribution in [-0.2, 0) is 4.79 Å². The fraction of sp³-hybridized carbons (Fsp3) is 0.286. The van der Waals surface area contributed by atoms with Crippen molar-refractivity contribution in [3.63, 3.8) is 0 Å². The molecule has 2 rings (SSSR count). The van der Waals surface area contributed by atoms with Crippen LogP contribution in [-0.4, -0.2) is 17.4 Å². The normalized spacial score (nSPS) is 10.5. The third-order valence-corrected chi connectivity index (χ3v) is 2.97. The Balaban J connectivity index is 2.01. The Labute approximate surface area is 112 Å². The number of anilines is 2. The van der Waals surface area contributed by atoms with Gasteiger partial charge in [0.05, 0.1) is 11.2 Å². The fourth-order valence-electron chi connectivity index (χ4n) is 2.00. The number of nitrogens with two attached hydrogens (primary N) is 2. The van der Waals surface area contributed by atoms with Gasteiger partial charge in [-0.1, -0.05) is 0 Å². The van der Waals surface area contributed by atoms with Crippen molar-refractivity contribution in [2.75, 3.05) is 17.6 Å². The SMILES string of the molecule is NC(=O)CCCCNc1ccc(N)c2ncccc12. The van der Waals surface area contributed by atoms with E-state index in [9.17, 15) is 4.79 Å². The van der Waals surface area contributed by atoms with E-state index < -0.39 is 0 Å². The second-order valence-electron chi connectivity index (χ2n) is 4.45. The molecule has 2 aromatic rings. The van der Waals surface area contributed by atoms with Gasteiger partial charge in [-0.2, -0.15) is 0 Å². The van der Waals surface area contributed by atoms with E-state index >= 15 is 0 Å². The van der Waals surface area contributed by atoms with Crippen molar-refractivity contribution in [2.45, 2.75) is 19.3 Å². The Bertz CT molecular complexity index is 583. The van der Waals surface area contributed by atoms with E-state index in [0.29, 0.717) is 12.1 Å². The summed E-state index contributed by atoms with van der Waals surface area (Å²) in [6, 6.07) is 7.68. The first-order valence-electron chi connectivity index (χ1n) is 6.34. The number of amides is 1. The molecule has 5 heteroatoms. The summed E-state index contributed by atoms with van der Waals surface area (Å²) in [6.07, 6.45) is 3.86. The first-order chi connectivity index (χ1) is 9.18. The maximum Gasteiger partial charge on any atom is 0.217 e. The molecule has 0 unspecified atom stereocenters. The predicted octanol–water partition coefficient (Wildman–Crippen LogP) is 1.88. The van der Waals surface area contributed by atoms with E-state index in [0.717, 1.165) is 36.0 Å². The lowest BCUT2D eigenvalue weighted by Gasteiger charge is -2.10. The number of carbonyl (C=O) groups excluding carboxylic acids is 1. The molecule has 1 aromatic carbocycles. The van der Waals surface area contributed by atoms with Gasteiger partial charge in [-0.25, -0.2) is 0 Å². The summed E-state index contributed by atoms with van der Waals surface area (Å²) < 4.78 is 0. The third kappa shape index (κ3) is 3.34. The van der Waals surface area contributed by atoms with E-state index in [4.69, 9.17) is 11.5 Å². The molecule has 5 nitrogen and oxygen atoms in total. The summed E-state index contributed by atoms with van der Waals surface area (Å²) >= 11 is 0. The molecule has 1 heterocycles. The number of hydrogen-bond donors (Lipinski definition) is 3.